The van der Waals surface area contributed by atoms with Crippen LogP contribution >= 0.6 is 0 Å². The molecule has 1 aromatic carbocycles. The van der Waals surface area contributed by atoms with Crippen LogP contribution in [0.25, 0.3) is 0 Å². The van der Waals surface area contributed by atoms with Crippen molar-refractivity contribution in [1.29, 1.82) is 0 Å². The zero-order valence-electron chi connectivity index (χ0n) is 10.3. The quantitative estimate of drug-likeness (QED) is 0.680. The van der Waals surface area contributed by atoms with Gasteiger partial charge in [-0.05, 0) is 37.5 Å². The van der Waals surface area contributed by atoms with E-state index in [1.54, 1.807) is 0 Å². The standard InChI is InChI=1S/C15H20O/c1-3-5-6-7-8-9-14-10-12-15(13-11-14)16-4-2/h10-13H,3-5,8-9H2,1-2H3. The van der Waals surface area contributed by atoms with Crippen molar-refractivity contribution in [1.82, 2.24) is 0 Å². The van der Waals surface area contributed by atoms with Gasteiger partial charge in [-0.15, -0.1) is 11.8 Å². The summed E-state index contributed by atoms with van der Waals surface area (Å²) in [6.07, 6.45) is 4.15. The van der Waals surface area contributed by atoms with Gasteiger partial charge in [0.05, 0.1) is 6.61 Å². The van der Waals surface area contributed by atoms with Gasteiger partial charge >= 0.3 is 0 Å². The minimum Gasteiger partial charge on any atom is -0.494 e. The first-order valence-corrected chi connectivity index (χ1v) is 6.04. The Morgan fingerprint density at radius 3 is 2.31 bits per heavy atom. The smallest absolute Gasteiger partial charge is 0.119 e. The summed E-state index contributed by atoms with van der Waals surface area (Å²) >= 11 is 0. The molecule has 0 fully saturated rings. The third kappa shape index (κ3) is 4.89. The van der Waals surface area contributed by atoms with Gasteiger partial charge in [0.15, 0.2) is 0 Å². The SMILES string of the molecule is CCCC#CCCc1ccc(OCC)cc1. The van der Waals surface area contributed by atoms with Crippen LogP contribution in [0.1, 0.15) is 38.7 Å². The molecule has 0 aliphatic heterocycles. The Labute approximate surface area is 98.8 Å². The first-order chi connectivity index (χ1) is 7.86. The largest absolute Gasteiger partial charge is 0.494 e. The summed E-state index contributed by atoms with van der Waals surface area (Å²) in [6.45, 7) is 4.88. The molecule has 86 valence electrons. The zero-order chi connectivity index (χ0) is 11.6. The van der Waals surface area contributed by atoms with Crippen molar-refractivity contribution >= 4 is 0 Å². The molecule has 0 unspecified atom stereocenters. The molecule has 0 saturated carbocycles. The van der Waals surface area contributed by atoms with Gasteiger partial charge < -0.3 is 4.74 Å². The van der Waals surface area contributed by atoms with Crippen LogP contribution in [0.15, 0.2) is 24.3 Å². The fourth-order valence-electron chi connectivity index (χ4n) is 1.43. The fourth-order valence-corrected chi connectivity index (χ4v) is 1.43. The molecule has 1 aromatic rings. The molecule has 0 aliphatic carbocycles. The van der Waals surface area contributed by atoms with Crippen molar-refractivity contribution in [3.8, 4) is 17.6 Å². The Morgan fingerprint density at radius 1 is 1.00 bits per heavy atom. The minimum absolute atomic E-state index is 0.724. The lowest BCUT2D eigenvalue weighted by molar-refractivity contribution is 0.340. The lowest BCUT2D eigenvalue weighted by Gasteiger charge is -2.03. The summed E-state index contributed by atoms with van der Waals surface area (Å²) in [5.74, 6) is 7.30. The molecular weight excluding hydrogens is 196 g/mol. The van der Waals surface area contributed by atoms with Crippen LogP contribution in [0.4, 0.5) is 0 Å². The molecule has 0 atom stereocenters. The Balaban J connectivity index is 2.35. The molecule has 0 spiro atoms. The third-order valence-electron chi connectivity index (χ3n) is 2.27. The molecule has 1 rings (SSSR count). The molecule has 1 nitrogen and oxygen atoms in total. The molecule has 0 heterocycles. The first kappa shape index (κ1) is 12.6. The summed E-state index contributed by atoms with van der Waals surface area (Å²) in [6, 6.07) is 8.29. The van der Waals surface area contributed by atoms with E-state index < -0.39 is 0 Å². The molecule has 1 heteroatoms. The Morgan fingerprint density at radius 2 is 1.69 bits per heavy atom. The second kappa shape index (κ2) is 7.82. The van der Waals surface area contributed by atoms with Crippen LogP contribution < -0.4 is 4.74 Å². The molecule has 0 aliphatic rings. The Hall–Kier alpha value is -1.42. The van der Waals surface area contributed by atoms with Crippen molar-refractivity contribution in [2.75, 3.05) is 6.61 Å². The lowest BCUT2D eigenvalue weighted by Crippen LogP contribution is -1.91. The second-order valence-corrected chi connectivity index (χ2v) is 3.68. The van der Waals surface area contributed by atoms with Crippen LogP contribution in [0.3, 0.4) is 0 Å². The maximum absolute atomic E-state index is 5.39. The van der Waals surface area contributed by atoms with Crippen LogP contribution in [0, 0.1) is 11.8 Å². The summed E-state index contributed by atoms with van der Waals surface area (Å²) in [4.78, 5) is 0. The molecule has 0 bridgehead atoms. The number of ether oxygens (including phenoxy) is 1. The van der Waals surface area contributed by atoms with Gasteiger partial charge in [-0.3, -0.25) is 0 Å². The van der Waals surface area contributed by atoms with E-state index in [4.69, 9.17) is 4.74 Å². The maximum Gasteiger partial charge on any atom is 0.119 e. The van der Waals surface area contributed by atoms with Crippen molar-refractivity contribution in [3.63, 3.8) is 0 Å². The number of rotatable bonds is 5. The predicted molar refractivity (Wildman–Crippen MR) is 68.6 cm³/mol. The third-order valence-corrected chi connectivity index (χ3v) is 2.27. The van der Waals surface area contributed by atoms with E-state index in [-0.39, 0.29) is 0 Å². The van der Waals surface area contributed by atoms with Gasteiger partial charge in [0.2, 0.25) is 0 Å². The van der Waals surface area contributed by atoms with E-state index in [1.165, 1.54) is 5.56 Å². The molecule has 0 amide bonds. The molecule has 16 heavy (non-hydrogen) atoms. The average molecular weight is 216 g/mol. The molecule has 0 radical (unpaired) electrons. The number of benzene rings is 1. The second-order valence-electron chi connectivity index (χ2n) is 3.68. The lowest BCUT2D eigenvalue weighted by atomic mass is 10.1. The van der Waals surface area contributed by atoms with Crippen LogP contribution in [0.5, 0.6) is 5.75 Å². The Kier molecular flexibility index (Phi) is 6.18. The van der Waals surface area contributed by atoms with Crippen LogP contribution in [-0.2, 0) is 6.42 Å². The van der Waals surface area contributed by atoms with Crippen molar-refractivity contribution < 1.29 is 4.74 Å². The zero-order valence-corrected chi connectivity index (χ0v) is 10.3. The summed E-state index contributed by atoms with van der Waals surface area (Å²) in [5.41, 5.74) is 1.33. The van der Waals surface area contributed by atoms with E-state index in [1.807, 2.05) is 19.1 Å². The van der Waals surface area contributed by atoms with Gasteiger partial charge in [0, 0.05) is 12.8 Å². The van der Waals surface area contributed by atoms with Crippen molar-refractivity contribution in [2.45, 2.75) is 39.5 Å². The van der Waals surface area contributed by atoms with Crippen LogP contribution in [-0.4, -0.2) is 6.61 Å². The van der Waals surface area contributed by atoms with Crippen molar-refractivity contribution in [2.24, 2.45) is 0 Å². The highest BCUT2D eigenvalue weighted by molar-refractivity contribution is 5.27. The highest BCUT2D eigenvalue weighted by atomic mass is 16.5. The predicted octanol–water partition coefficient (Wildman–Crippen LogP) is 3.82. The molecule has 0 N–H and O–H groups in total. The average Bonchev–Trinajstić information content (AvgIpc) is 2.31. The van der Waals surface area contributed by atoms with E-state index >= 15 is 0 Å². The van der Waals surface area contributed by atoms with E-state index in [0.717, 1.165) is 38.0 Å². The van der Waals surface area contributed by atoms with Gasteiger partial charge in [0.1, 0.15) is 5.75 Å². The number of hydrogen-bond donors (Lipinski definition) is 0. The monoisotopic (exact) mass is 216 g/mol. The van der Waals surface area contributed by atoms with E-state index in [0.29, 0.717) is 0 Å². The summed E-state index contributed by atoms with van der Waals surface area (Å²) in [5, 5.41) is 0. The number of unbranched alkanes of at least 4 members (excludes halogenated alkanes) is 1. The molecule has 0 aromatic heterocycles. The summed E-state index contributed by atoms with van der Waals surface area (Å²) in [7, 11) is 0. The highest BCUT2D eigenvalue weighted by Crippen LogP contribution is 2.12. The van der Waals surface area contributed by atoms with Gasteiger partial charge in [-0.25, -0.2) is 0 Å². The number of hydrogen-bond acceptors (Lipinski definition) is 1. The fraction of sp³-hybridized carbons (Fsp3) is 0.467. The first-order valence-electron chi connectivity index (χ1n) is 6.04. The maximum atomic E-state index is 5.39. The highest BCUT2D eigenvalue weighted by Gasteiger charge is 1.93. The Bertz CT molecular complexity index is 340. The summed E-state index contributed by atoms with van der Waals surface area (Å²) < 4.78 is 5.39. The van der Waals surface area contributed by atoms with Crippen LogP contribution in [0.2, 0.25) is 0 Å². The van der Waals surface area contributed by atoms with Gasteiger partial charge in [-0.1, -0.05) is 19.1 Å². The van der Waals surface area contributed by atoms with Crippen molar-refractivity contribution in [3.05, 3.63) is 29.8 Å². The van der Waals surface area contributed by atoms with Gasteiger partial charge in [-0.2, -0.15) is 0 Å². The molecular formula is C15H20O. The van der Waals surface area contributed by atoms with E-state index in [9.17, 15) is 0 Å². The number of aryl methyl sites for hydroxylation is 1. The minimum atomic E-state index is 0.724. The normalized spacial score (nSPS) is 9.38. The van der Waals surface area contributed by atoms with Gasteiger partial charge in [0.25, 0.3) is 0 Å². The molecule has 0 saturated heterocycles. The van der Waals surface area contributed by atoms with E-state index in [2.05, 4.69) is 30.9 Å². The topological polar surface area (TPSA) is 9.23 Å².